The van der Waals surface area contributed by atoms with Gasteiger partial charge >= 0.3 is 0 Å². The van der Waals surface area contributed by atoms with E-state index in [4.69, 9.17) is 10.1 Å². The van der Waals surface area contributed by atoms with Crippen LogP contribution in [-0.2, 0) is 4.79 Å². The zero-order valence-corrected chi connectivity index (χ0v) is 19.7. The molecule has 33 heavy (non-hydrogen) atoms. The Morgan fingerprint density at radius 2 is 1.94 bits per heavy atom. The van der Waals surface area contributed by atoms with Crippen LogP contribution in [0.15, 0.2) is 65.4 Å². The van der Waals surface area contributed by atoms with Gasteiger partial charge in [0.15, 0.2) is 5.82 Å². The van der Waals surface area contributed by atoms with E-state index in [1.807, 2.05) is 29.1 Å². The van der Waals surface area contributed by atoms with Gasteiger partial charge in [-0.3, -0.25) is 9.78 Å². The topological polar surface area (TPSA) is 84.7 Å². The van der Waals surface area contributed by atoms with E-state index in [2.05, 4.69) is 54.6 Å². The highest BCUT2D eigenvalue weighted by Gasteiger charge is 2.36. The normalized spacial score (nSPS) is 15.2. The number of thiophene rings is 1. The van der Waals surface area contributed by atoms with Gasteiger partial charge < -0.3 is 10.6 Å². The maximum Gasteiger partial charge on any atom is 0.255 e. The van der Waals surface area contributed by atoms with Gasteiger partial charge in [-0.2, -0.15) is 4.98 Å². The minimum Gasteiger partial charge on any atom is -0.328 e. The summed E-state index contributed by atoms with van der Waals surface area (Å²) in [7, 11) is 0. The first-order valence-electron chi connectivity index (χ1n) is 10.7. The molecule has 1 unspecified atom stereocenters. The molecular weight excluding hydrogens is 432 g/mol. The average molecular weight is 457 g/mol. The molecule has 2 N–H and O–H groups in total. The van der Waals surface area contributed by atoms with Crippen molar-refractivity contribution in [2.75, 3.05) is 10.6 Å². The fraction of sp³-hybridized carbons (Fsp3) is 0.200. The molecule has 5 rings (SSSR count). The second-order valence-electron chi connectivity index (χ2n) is 8.23. The Morgan fingerprint density at radius 3 is 2.64 bits per heavy atom. The zero-order chi connectivity index (χ0) is 23.1. The molecule has 0 radical (unpaired) electrons. The number of carbonyl (C=O) groups excluding carboxylic acids is 1. The number of rotatable bonds is 4. The standard InChI is InChI=1S/C25H24N6OS/c1-14-7-8-18(12-16(14)3)23-29-25-27-17(4)20(24(32)28-19-6-5-10-26-13-19)21(31(25)30-23)22-15(2)9-11-33-22/h5-13,21H,1-4H3,(H,28,32)(H,27,29,30). The highest BCUT2D eigenvalue weighted by atomic mass is 32.1. The number of anilines is 2. The SMILES string of the molecule is CC1=C(C(=O)Nc2cccnc2)C(c2sccc2C)n2nc(-c3ccc(C)c(C)c3)nc2N1. The predicted octanol–water partition coefficient (Wildman–Crippen LogP) is 5.25. The van der Waals surface area contributed by atoms with Gasteiger partial charge in [-0.1, -0.05) is 12.1 Å². The van der Waals surface area contributed by atoms with E-state index in [1.165, 1.54) is 11.1 Å². The number of amides is 1. The molecule has 0 saturated heterocycles. The van der Waals surface area contributed by atoms with Crippen molar-refractivity contribution < 1.29 is 4.79 Å². The fourth-order valence-corrected chi connectivity index (χ4v) is 5.01. The van der Waals surface area contributed by atoms with Crippen molar-refractivity contribution in [2.24, 2.45) is 0 Å². The van der Waals surface area contributed by atoms with Crippen molar-refractivity contribution in [1.82, 2.24) is 19.7 Å². The highest BCUT2D eigenvalue weighted by molar-refractivity contribution is 7.10. The van der Waals surface area contributed by atoms with Gasteiger partial charge in [0.25, 0.3) is 5.91 Å². The number of hydrogen-bond acceptors (Lipinski definition) is 6. The zero-order valence-electron chi connectivity index (χ0n) is 18.9. The molecule has 1 atom stereocenters. The van der Waals surface area contributed by atoms with Gasteiger partial charge in [0.2, 0.25) is 5.95 Å². The van der Waals surface area contributed by atoms with E-state index in [-0.39, 0.29) is 11.9 Å². The molecule has 3 aromatic heterocycles. The molecule has 0 aliphatic carbocycles. The summed E-state index contributed by atoms with van der Waals surface area (Å²) in [6, 6.07) is 11.5. The molecule has 4 heterocycles. The fourth-order valence-electron chi connectivity index (χ4n) is 3.99. The number of nitrogens with one attached hydrogen (secondary N) is 2. The summed E-state index contributed by atoms with van der Waals surface area (Å²) in [5, 5.41) is 13.2. The first kappa shape index (κ1) is 21.1. The highest BCUT2D eigenvalue weighted by Crippen LogP contribution is 2.40. The summed E-state index contributed by atoms with van der Waals surface area (Å²) >= 11 is 1.62. The third kappa shape index (κ3) is 3.82. The molecule has 0 fully saturated rings. The first-order valence-corrected chi connectivity index (χ1v) is 11.6. The molecule has 1 aliphatic heterocycles. The van der Waals surface area contributed by atoms with E-state index in [0.717, 1.165) is 21.7 Å². The van der Waals surface area contributed by atoms with E-state index in [9.17, 15) is 4.79 Å². The van der Waals surface area contributed by atoms with Crippen LogP contribution >= 0.6 is 11.3 Å². The van der Waals surface area contributed by atoms with Crippen LogP contribution in [0.2, 0.25) is 0 Å². The molecule has 1 aliphatic rings. The lowest BCUT2D eigenvalue weighted by molar-refractivity contribution is -0.113. The molecule has 166 valence electrons. The summed E-state index contributed by atoms with van der Waals surface area (Å²) in [4.78, 5) is 23.4. The predicted molar refractivity (Wildman–Crippen MR) is 131 cm³/mol. The van der Waals surface area contributed by atoms with E-state index < -0.39 is 0 Å². The molecule has 8 heteroatoms. The molecule has 1 amide bonds. The van der Waals surface area contributed by atoms with Crippen LogP contribution in [0.3, 0.4) is 0 Å². The van der Waals surface area contributed by atoms with Crippen LogP contribution in [0, 0.1) is 20.8 Å². The van der Waals surface area contributed by atoms with Gasteiger partial charge in [-0.05, 0) is 74.0 Å². The third-order valence-electron chi connectivity index (χ3n) is 5.93. The number of allylic oxidation sites excluding steroid dienone is 1. The van der Waals surface area contributed by atoms with Crippen molar-refractivity contribution in [3.8, 4) is 11.4 Å². The Balaban J connectivity index is 1.60. The van der Waals surface area contributed by atoms with Crippen molar-refractivity contribution in [2.45, 2.75) is 33.7 Å². The summed E-state index contributed by atoms with van der Waals surface area (Å²) in [6.45, 7) is 8.13. The number of aryl methyl sites for hydroxylation is 3. The van der Waals surface area contributed by atoms with Crippen LogP contribution in [-0.4, -0.2) is 25.7 Å². The monoisotopic (exact) mass is 456 g/mol. The molecular formula is C25H24N6OS. The molecule has 0 bridgehead atoms. The molecule has 7 nitrogen and oxygen atoms in total. The van der Waals surface area contributed by atoms with Crippen LogP contribution < -0.4 is 10.6 Å². The molecule has 4 aromatic rings. The van der Waals surface area contributed by atoms with Gasteiger partial charge in [0.1, 0.15) is 6.04 Å². The minimum atomic E-state index is -0.384. The second-order valence-corrected chi connectivity index (χ2v) is 9.18. The Hall–Kier alpha value is -3.78. The van der Waals surface area contributed by atoms with Gasteiger partial charge in [-0.25, -0.2) is 4.68 Å². The number of carbonyl (C=O) groups is 1. The number of fused-ring (bicyclic) bond motifs is 1. The first-order chi connectivity index (χ1) is 15.9. The third-order valence-corrected chi connectivity index (χ3v) is 7.00. The number of benzene rings is 1. The summed E-state index contributed by atoms with van der Waals surface area (Å²) < 4.78 is 1.83. The molecule has 0 spiro atoms. The second kappa shape index (κ2) is 8.29. The Labute approximate surface area is 196 Å². The van der Waals surface area contributed by atoms with Crippen LogP contribution in [0.1, 0.15) is 34.5 Å². The van der Waals surface area contributed by atoms with Gasteiger partial charge in [-0.15, -0.1) is 16.4 Å². The maximum atomic E-state index is 13.5. The lowest BCUT2D eigenvalue weighted by atomic mass is 9.99. The summed E-state index contributed by atoms with van der Waals surface area (Å²) in [5.74, 6) is 1.05. The number of nitrogens with zero attached hydrogens (tertiary/aromatic N) is 4. The van der Waals surface area contributed by atoms with Crippen LogP contribution in [0.5, 0.6) is 0 Å². The lowest BCUT2D eigenvalue weighted by Crippen LogP contribution is -2.31. The van der Waals surface area contributed by atoms with Gasteiger partial charge in [0, 0.05) is 22.3 Å². The van der Waals surface area contributed by atoms with Crippen molar-refractivity contribution in [3.63, 3.8) is 0 Å². The number of pyridine rings is 1. The summed E-state index contributed by atoms with van der Waals surface area (Å²) in [5.41, 5.74) is 6.46. The van der Waals surface area contributed by atoms with Crippen LogP contribution in [0.4, 0.5) is 11.6 Å². The Morgan fingerprint density at radius 1 is 1.09 bits per heavy atom. The van der Waals surface area contributed by atoms with Crippen LogP contribution in [0.25, 0.3) is 11.4 Å². The largest absolute Gasteiger partial charge is 0.328 e. The number of aromatic nitrogens is 4. The summed E-state index contributed by atoms with van der Waals surface area (Å²) in [6.07, 6.45) is 3.31. The maximum absolute atomic E-state index is 13.5. The smallest absolute Gasteiger partial charge is 0.255 e. The van der Waals surface area contributed by atoms with E-state index in [1.54, 1.807) is 29.8 Å². The Bertz CT molecular complexity index is 1390. The molecule has 0 saturated carbocycles. The Kier molecular flexibility index (Phi) is 5.30. The van der Waals surface area contributed by atoms with E-state index in [0.29, 0.717) is 23.0 Å². The average Bonchev–Trinajstić information content (AvgIpc) is 3.41. The minimum absolute atomic E-state index is 0.195. The van der Waals surface area contributed by atoms with Crippen molar-refractivity contribution in [1.29, 1.82) is 0 Å². The van der Waals surface area contributed by atoms with Crippen molar-refractivity contribution in [3.05, 3.63) is 87.0 Å². The quantitative estimate of drug-likeness (QED) is 0.438. The lowest BCUT2D eigenvalue weighted by Gasteiger charge is -2.28. The van der Waals surface area contributed by atoms with Crippen molar-refractivity contribution >= 4 is 28.9 Å². The van der Waals surface area contributed by atoms with Gasteiger partial charge in [0.05, 0.1) is 17.5 Å². The number of hydrogen-bond donors (Lipinski definition) is 2. The molecule has 1 aromatic carbocycles. The van der Waals surface area contributed by atoms with E-state index >= 15 is 0 Å².